The molecule has 0 fully saturated rings. The fraction of sp³-hybridized carbons (Fsp3) is 0.250. The van der Waals surface area contributed by atoms with E-state index in [2.05, 4.69) is 45.0 Å². The van der Waals surface area contributed by atoms with Crippen LogP contribution in [0.2, 0.25) is 0 Å². The van der Waals surface area contributed by atoms with Crippen molar-refractivity contribution in [2.24, 2.45) is 0 Å². The van der Waals surface area contributed by atoms with Gasteiger partial charge in [-0.25, -0.2) is 4.79 Å². The molecular weight excluding hydrogens is 286 g/mol. The van der Waals surface area contributed by atoms with Gasteiger partial charge in [0, 0.05) is 17.4 Å². The van der Waals surface area contributed by atoms with E-state index in [0.29, 0.717) is 12.2 Å². The Kier molecular flexibility index (Phi) is 3.72. The van der Waals surface area contributed by atoms with Gasteiger partial charge in [0.15, 0.2) is 0 Å². The zero-order chi connectivity index (χ0) is 16.6. The number of hydrogen-bond acceptors (Lipinski definition) is 1. The predicted molar refractivity (Wildman–Crippen MR) is 93.1 cm³/mol. The quantitative estimate of drug-likeness (QED) is 0.763. The molecule has 0 amide bonds. The molecule has 118 valence electrons. The van der Waals surface area contributed by atoms with Gasteiger partial charge in [0.2, 0.25) is 0 Å². The van der Waals surface area contributed by atoms with Gasteiger partial charge in [-0.1, -0.05) is 63.2 Å². The molecule has 0 saturated carbocycles. The first kappa shape index (κ1) is 15.3. The number of fused-ring (bicyclic) bond motifs is 1. The molecule has 0 atom stereocenters. The average molecular weight is 307 g/mol. The van der Waals surface area contributed by atoms with Crippen molar-refractivity contribution in [2.75, 3.05) is 0 Å². The summed E-state index contributed by atoms with van der Waals surface area (Å²) in [5, 5.41) is 10.4. The Morgan fingerprint density at radius 2 is 1.70 bits per heavy atom. The fourth-order valence-corrected chi connectivity index (χ4v) is 2.85. The van der Waals surface area contributed by atoms with E-state index >= 15 is 0 Å². The Labute approximate surface area is 136 Å². The minimum atomic E-state index is -0.896. The van der Waals surface area contributed by atoms with E-state index in [1.165, 1.54) is 5.56 Å². The number of para-hydroxylation sites is 1. The summed E-state index contributed by atoms with van der Waals surface area (Å²) in [5.74, 6) is -0.896. The predicted octanol–water partition coefficient (Wildman–Crippen LogP) is 4.69. The molecule has 0 spiro atoms. The lowest BCUT2D eigenvalue weighted by Crippen LogP contribution is -2.12. The second-order valence-corrected chi connectivity index (χ2v) is 6.93. The number of aromatic nitrogens is 1. The Morgan fingerprint density at radius 1 is 1.04 bits per heavy atom. The normalized spacial score (nSPS) is 11.8. The van der Waals surface area contributed by atoms with E-state index in [1.807, 2.05) is 28.8 Å². The number of carboxylic acids is 1. The summed E-state index contributed by atoms with van der Waals surface area (Å²) in [6, 6.07) is 17.9. The van der Waals surface area contributed by atoms with Gasteiger partial charge in [-0.15, -0.1) is 0 Å². The van der Waals surface area contributed by atoms with E-state index < -0.39 is 5.97 Å². The monoisotopic (exact) mass is 307 g/mol. The van der Waals surface area contributed by atoms with Gasteiger partial charge in [-0.05, 0) is 28.7 Å². The van der Waals surface area contributed by atoms with Gasteiger partial charge in [0.1, 0.15) is 5.69 Å². The summed E-state index contributed by atoms with van der Waals surface area (Å²) in [4.78, 5) is 11.5. The first-order valence-electron chi connectivity index (χ1n) is 7.77. The maximum Gasteiger partial charge on any atom is 0.352 e. The van der Waals surface area contributed by atoms with Gasteiger partial charge in [-0.3, -0.25) is 0 Å². The van der Waals surface area contributed by atoms with Gasteiger partial charge in [0.25, 0.3) is 0 Å². The van der Waals surface area contributed by atoms with E-state index in [4.69, 9.17) is 0 Å². The zero-order valence-electron chi connectivity index (χ0n) is 13.7. The van der Waals surface area contributed by atoms with Crippen molar-refractivity contribution in [3.05, 3.63) is 71.4 Å². The van der Waals surface area contributed by atoms with E-state index in [0.717, 1.165) is 16.5 Å². The SMILES string of the molecule is CC(C)(C)c1ccc(Cn2c(C(=O)O)cc3ccccc32)cc1. The smallest absolute Gasteiger partial charge is 0.352 e. The van der Waals surface area contributed by atoms with Crippen molar-refractivity contribution in [1.82, 2.24) is 4.57 Å². The molecule has 1 aromatic heterocycles. The molecule has 23 heavy (non-hydrogen) atoms. The van der Waals surface area contributed by atoms with Crippen LogP contribution < -0.4 is 0 Å². The summed E-state index contributed by atoms with van der Waals surface area (Å²) in [6.45, 7) is 7.11. The highest BCUT2D eigenvalue weighted by atomic mass is 16.4. The van der Waals surface area contributed by atoms with Crippen molar-refractivity contribution >= 4 is 16.9 Å². The van der Waals surface area contributed by atoms with Crippen molar-refractivity contribution < 1.29 is 9.90 Å². The van der Waals surface area contributed by atoms with Crippen LogP contribution in [0.4, 0.5) is 0 Å². The van der Waals surface area contributed by atoms with Gasteiger partial charge < -0.3 is 9.67 Å². The molecule has 0 bridgehead atoms. The minimum Gasteiger partial charge on any atom is -0.477 e. The molecule has 3 rings (SSSR count). The zero-order valence-corrected chi connectivity index (χ0v) is 13.7. The molecule has 3 aromatic rings. The van der Waals surface area contributed by atoms with Crippen molar-refractivity contribution in [2.45, 2.75) is 32.7 Å². The third-order valence-corrected chi connectivity index (χ3v) is 4.19. The van der Waals surface area contributed by atoms with Crippen molar-refractivity contribution in [1.29, 1.82) is 0 Å². The summed E-state index contributed by atoms with van der Waals surface area (Å²) in [6.07, 6.45) is 0. The standard InChI is InChI=1S/C20H21NO2/c1-20(2,3)16-10-8-14(9-11-16)13-21-17-7-5-4-6-15(17)12-18(21)19(22)23/h4-12H,13H2,1-3H3,(H,22,23). The third-order valence-electron chi connectivity index (χ3n) is 4.19. The molecule has 3 nitrogen and oxygen atoms in total. The van der Waals surface area contributed by atoms with Crippen LogP contribution in [0.3, 0.4) is 0 Å². The minimum absolute atomic E-state index is 0.116. The number of hydrogen-bond donors (Lipinski definition) is 1. The summed E-state index contributed by atoms with van der Waals surface area (Å²) in [7, 11) is 0. The molecule has 1 heterocycles. The molecule has 1 N–H and O–H groups in total. The van der Waals surface area contributed by atoms with Crippen LogP contribution in [0, 0.1) is 0 Å². The molecule has 0 radical (unpaired) electrons. The highest BCUT2D eigenvalue weighted by Gasteiger charge is 2.16. The number of rotatable bonds is 3. The van der Waals surface area contributed by atoms with E-state index in [9.17, 15) is 9.90 Å². The topological polar surface area (TPSA) is 42.2 Å². The number of nitrogens with zero attached hydrogens (tertiary/aromatic N) is 1. The summed E-state index contributed by atoms with van der Waals surface area (Å²) < 4.78 is 1.86. The Hall–Kier alpha value is -2.55. The first-order valence-corrected chi connectivity index (χ1v) is 7.77. The second kappa shape index (κ2) is 5.58. The van der Waals surface area contributed by atoms with Crippen molar-refractivity contribution in [3.63, 3.8) is 0 Å². The lowest BCUT2D eigenvalue weighted by molar-refractivity contribution is 0.0686. The molecule has 0 aliphatic rings. The van der Waals surface area contributed by atoms with Gasteiger partial charge in [0.05, 0.1) is 0 Å². The van der Waals surface area contributed by atoms with Crippen LogP contribution in [-0.4, -0.2) is 15.6 Å². The molecule has 2 aromatic carbocycles. The molecule has 3 heteroatoms. The highest BCUT2D eigenvalue weighted by Crippen LogP contribution is 2.24. The molecule has 0 aliphatic heterocycles. The van der Waals surface area contributed by atoms with Crippen LogP contribution in [0.1, 0.15) is 42.4 Å². The maximum absolute atomic E-state index is 11.5. The van der Waals surface area contributed by atoms with Crippen LogP contribution in [-0.2, 0) is 12.0 Å². The van der Waals surface area contributed by atoms with E-state index in [-0.39, 0.29) is 5.41 Å². The second-order valence-electron chi connectivity index (χ2n) is 6.93. The lowest BCUT2D eigenvalue weighted by Gasteiger charge is -2.19. The number of carbonyl (C=O) groups is 1. The Bertz CT molecular complexity index is 851. The summed E-state index contributed by atoms with van der Waals surface area (Å²) >= 11 is 0. The van der Waals surface area contributed by atoms with Gasteiger partial charge >= 0.3 is 5.97 Å². The molecule has 0 saturated heterocycles. The molecule has 0 unspecified atom stereocenters. The number of benzene rings is 2. The number of aromatic carboxylic acids is 1. The van der Waals surface area contributed by atoms with Crippen LogP contribution in [0.5, 0.6) is 0 Å². The van der Waals surface area contributed by atoms with Crippen LogP contribution in [0.25, 0.3) is 10.9 Å². The largest absolute Gasteiger partial charge is 0.477 e. The Morgan fingerprint density at radius 3 is 2.30 bits per heavy atom. The third kappa shape index (κ3) is 3.00. The average Bonchev–Trinajstić information content (AvgIpc) is 2.86. The highest BCUT2D eigenvalue weighted by molar-refractivity contribution is 5.94. The fourth-order valence-electron chi connectivity index (χ4n) is 2.85. The van der Waals surface area contributed by atoms with Crippen molar-refractivity contribution in [3.8, 4) is 0 Å². The van der Waals surface area contributed by atoms with Crippen LogP contribution in [0.15, 0.2) is 54.6 Å². The molecule has 0 aliphatic carbocycles. The summed E-state index contributed by atoms with van der Waals surface area (Å²) in [5.41, 5.74) is 3.76. The first-order chi connectivity index (χ1) is 10.9. The van der Waals surface area contributed by atoms with E-state index in [1.54, 1.807) is 6.07 Å². The Balaban J connectivity index is 2.01. The lowest BCUT2D eigenvalue weighted by atomic mass is 9.87. The van der Waals surface area contributed by atoms with Crippen LogP contribution >= 0.6 is 0 Å². The number of carboxylic acid groups (broad SMARTS) is 1. The van der Waals surface area contributed by atoms with Gasteiger partial charge in [-0.2, -0.15) is 0 Å². The maximum atomic E-state index is 11.5. The molecular formula is C20H21NO2.